The lowest BCUT2D eigenvalue weighted by Gasteiger charge is -2.24. The van der Waals surface area contributed by atoms with Crippen molar-refractivity contribution in [2.45, 2.75) is 0 Å². The number of carbonyl (C=O) groups excluding carboxylic acids is 1. The van der Waals surface area contributed by atoms with E-state index in [-0.39, 0.29) is 19.0 Å². The van der Waals surface area contributed by atoms with E-state index in [0.29, 0.717) is 13.1 Å². The fourth-order valence-electron chi connectivity index (χ4n) is 3.63. The van der Waals surface area contributed by atoms with Crippen LogP contribution in [0.15, 0.2) is 18.2 Å². The van der Waals surface area contributed by atoms with Crippen molar-refractivity contribution in [3.63, 3.8) is 0 Å². The van der Waals surface area contributed by atoms with Gasteiger partial charge in [0.1, 0.15) is 22.6 Å². The summed E-state index contributed by atoms with van der Waals surface area (Å²) in [7, 11) is 1.83. The molecule has 2 aliphatic rings. The Bertz CT molecular complexity index is 631. The van der Waals surface area contributed by atoms with Crippen LogP contribution in [-0.4, -0.2) is 60.0 Å². The Balaban J connectivity index is 1.90. The molecule has 2 fully saturated rings. The molecule has 0 saturated carbocycles. The summed E-state index contributed by atoms with van der Waals surface area (Å²) in [6.07, 6.45) is 0. The van der Waals surface area contributed by atoms with Crippen LogP contribution in [0.5, 0.6) is 0 Å². The number of carboxylic acid groups (broad SMARTS) is 1. The van der Waals surface area contributed by atoms with Crippen molar-refractivity contribution >= 4 is 11.9 Å². The zero-order valence-corrected chi connectivity index (χ0v) is 12.1. The Morgan fingerprint density at radius 3 is 2.41 bits per heavy atom. The van der Waals surface area contributed by atoms with Gasteiger partial charge >= 0.3 is 5.97 Å². The minimum absolute atomic E-state index is 0.0239. The number of benzene rings is 1. The SMILES string of the molecule is CN1C[C@H]2CN(C(=O)c3c(F)cccc3F)C[C@@]2(C(=O)O)C1. The first kappa shape index (κ1) is 14.9. The number of nitrogens with zero attached hydrogens (tertiary/aromatic N) is 2. The lowest BCUT2D eigenvalue weighted by atomic mass is 9.81. The quantitative estimate of drug-likeness (QED) is 0.887. The third kappa shape index (κ3) is 2.08. The van der Waals surface area contributed by atoms with Gasteiger partial charge < -0.3 is 14.9 Å². The van der Waals surface area contributed by atoms with Crippen molar-refractivity contribution in [3.05, 3.63) is 35.4 Å². The summed E-state index contributed by atoms with van der Waals surface area (Å²) in [5.74, 6) is -3.83. The van der Waals surface area contributed by atoms with Crippen LogP contribution >= 0.6 is 0 Å². The first-order chi connectivity index (χ1) is 10.3. The van der Waals surface area contributed by atoms with Gasteiger partial charge in [-0.1, -0.05) is 6.07 Å². The molecule has 22 heavy (non-hydrogen) atoms. The van der Waals surface area contributed by atoms with Crippen molar-refractivity contribution in [1.29, 1.82) is 0 Å². The molecule has 1 N–H and O–H groups in total. The third-order valence-corrected chi connectivity index (χ3v) is 4.67. The van der Waals surface area contributed by atoms with Gasteiger partial charge in [0.05, 0.1) is 0 Å². The zero-order chi connectivity index (χ0) is 16.1. The minimum Gasteiger partial charge on any atom is -0.481 e. The first-order valence-corrected chi connectivity index (χ1v) is 7.00. The molecule has 2 saturated heterocycles. The van der Waals surface area contributed by atoms with Gasteiger partial charge in [0.25, 0.3) is 5.91 Å². The van der Waals surface area contributed by atoms with Crippen molar-refractivity contribution in [2.75, 3.05) is 33.2 Å². The molecule has 0 radical (unpaired) electrons. The van der Waals surface area contributed by atoms with Crippen molar-refractivity contribution in [3.8, 4) is 0 Å². The summed E-state index contributed by atoms with van der Waals surface area (Å²) < 4.78 is 27.5. The van der Waals surface area contributed by atoms with E-state index in [4.69, 9.17) is 0 Å². The van der Waals surface area contributed by atoms with E-state index in [1.165, 1.54) is 11.0 Å². The molecule has 0 aliphatic carbocycles. The highest BCUT2D eigenvalue weighted by Crippen LogP contribution is 2.42. The first-order valence-electron chi connectivity index (χ1n) is 7.00. The van der Waals surface area contributed by atoms with Gasteiger partial charge in [-0.2, -0.15) is 0 Å². The Hall–Kier alpha value is -2.02. The molecule has 3 rings (SSSR count). The van der Waals surface area contributed by atoms with Gasteiger partial charge in [0.2, 0.25) is 0 Å². The van der Waals surface area contributed by atoms with Crippen LogP contribution in [0.4, 0.5) is 8.78 Å². The van der Waals surface area contributed by atoms with Crippen molar-refractivity contribution < 1.29 is 23.5 Å². The number of hydrogen-bond acceptors (Lipinski definition) is 3. The lowest BCUT2D eigenvalue weighted by molar-refractivity contribution is -0.148. The number of hydrogen-bond donors (Lipinski definition) is 1. The zero-order valence-electron chi connectivity index (χ0n) is 12.1. The maximum atomic E-state index is 13.7. The fourth-order valence-corrected chi connectivity index (χ4v) is 3.63. The van der Waals surface area contributed by atoms with Gasteiger partial charge in [-0.3, -0.25) is 9.59 Å². The molecular formula is C15H16F2N2O3. The number of carboxylic acids is 1. The van der Waals surface area contributed by atoms with E-state index in [0.717, 1.165) is 12.1 Å². The Labute approximate surface area is 126 Å². The largest absolute Gasteiger partial charge is 0.481 e. The topological polar surface area (TPSA) is 60.9 Å². The van der Waals surface area contributed by atoms with Gasteiger partial charge in [0, 0.05) is 32.1 Å². The van der Waals surface area contributed by atoms with E-state index in [9.17, 15) is 23.5 Å². The molecule has 1 aromatic rings. The lowest BCUT2D eigenvalue weighted by Crippen LogP contribution is -2.41. The molecule has 1 amide bonds. The van der Waals surface area contributed by atoms with E-state index < -0.39 is 34.5 Å². The monoisotopic (exact) mass is 310 g/mol. The van der Waals surface area contributed by atoms with Gasteiger partial charge in [-0.25, -0.2) is 8.78 Å². The van der Waals surface area contributed by atoms with Crippen LogP contribution in [0, 0.1) is 23.0 Å². The molecule has 0 aromatic heterocycles. The average molecular weight is 310 g/mol. The summed E-state index contributed by atoms with van der Waals surface area (Å²) in [4.78, 5) is 27.2. The highest BCUT2D eigenvalue weighted by molar-refractivity contribution is 5.95. The molecule has 118 valence electrons. The number of amides is 1. The fraction of sp³-hybridized carbons (Fsp3) is 0.467. The summed E-state index contributed by atoms with van der Waals surface area (Å²) in [5.41, 5.74) is -1.66. The number of aliphatic carboxylic acids is 1. The molecule has 0 bridgehead atoms. The highest BCUT2D eigenvalue weighted by atomic mass is 19.1. The minimum atomic E-state index is -1.05. The van der Waals surface area contributed by atoms with Crippen LogP contribution in [0.1, 0.15) is 10.4 Å². The Morgan fingerprint density at radius 1 is 1.23 bits per heavy atom. The van der Waals surface area contributed by atoms with Gasteiger partial charge in [-0.15, -0.1) is 0 Å². The maximum Gasteiger partial charge on any atom is 0.313 e. The molecule has 2 heterocycles. The van der Waals surface area contributed by atoms with Crippen LogP contribution in [0.25, 0.3) is 0 Å². The van der Waals surface area contributed by atoms with E-state index in [1.807, 2.05) is 11.9 Å². The van der Waals surface area contributed by atoms with Gasteiger partial charge in [-0.05, 0) is 19.2 Å². The molecular weight excluding hydrogens is 294 g/mol. The second-order valence-electron chi connectivity index (χ2n) is 6.14. The normalized spacial score (nSPS) is 28.0. The second kappa shape index (κ2) is 5.01. The predicted molar refractivity (Wildman–Crippen MR) is 73.3 cm³/mol. The van der Waals surface area contributed by atoms with E-state index >= 15 is 0 Å². The van der Waals surface area contributed by atoms with Crippen LogP contribution < -0.4 is 0 Å². The summed E-state index contributed by atoms with van der Waals surface area (Å²) in [6, 6.07) is 3.23. The molecule has 0 spiro atoms. The van der Waals surface area contributed by atoms with Crippen molar-refractivity contribution in [1.82, 2.24) is 9.80 Å². The number of carbonyl (C=O) groups is 2. The number of halogens is 2. The van der Waals surface area contributed by atoms with Crippen LogP contribution in [0.3, 0.4) is 0 Å². The summed E-state index contributed by atoms with van der Waals surface area (Å²) >= 11 is 0. The number of fused-ring (bicyclic) bond motifs is 1. The van der Waals surface area contributed by atoms with Gasteiger partial charge in [0.15, 0.2) is 0 Å². The number of rotatable bonds is 2. The Kier molecular flexibility index (Phi) is 3.40. The standard InChI is InChI=1S/C15H16F2N2O3/c1-18-5-9-6-19(8-15(9,7-18)14(21)22)13(20)12-10(16)3-2-4-11(12)17/h2-4,9H,5-8H2,1H3,(H,21,22)/t9-,15-/m0/s1. The molecule has 7 heteroatoms. The molecule has 5 nitrogen and oxygen atoms in total. The smallest absolute Gasteiger partial charge is 0.313 e. The Morgan fingerprint density at radius 2 is 1.86 bits per heavy atom. The molecule has 2 atom stereocenters. The third-order valence-electron chi connectivity index (χ3n) is 4.67. The van der Waals surface area contributed by atoms with E-state index in [2.05, 4.69) is 0 Å². The van der Waals surface area contributed by atoms with Crippen molar-refractivity contribution in [2.24, 2.45) is 11.3 Å². The molecule has 0 unspecified atom stereocenters. The summed E-state index contributed by atoms with van der Waals surface area (Å²) in [5, 5.41) is 9.56. The predicted octanol–water partition coefficient (Wildman–Crippen LogP) is 1.05. The molecule has 1 aromatic carbocycles. The second-order valence-corrected chi connectivity index (χ2v) is 6.14. The van der Waals surface area contributed by atoms with Crippen LogP contribution in [0.2, 0.25) is 0 Å². The maximum absolute atomic E-state index is 13.7. The number of likely N-dealkylation sites (tertiary alicyclic amines) is 2. The highest BCUT2D eigenvalue weighted by Gasteiger charge is 2.58. The average Bonchev–Trinajstić information content (AvgIpc) is 2.92. The summed E-state index contributed by atoms with van der Waals surface area (Å²) in [6.45, 7) is 1.06. The molecule has 2 aliphatic heterocycles. The van der Waals surface area contributed by atoms with E-state index in [1.54, 1.807) is 0 Å². The van der Waals surface area contributed by atoms with Crippen LogP contribution in [-0.2, 0) is 4.79 Å².